The molecule has 1 heterocycles. The van der Waals surface area contributed by atoms with Crippen LogP contribution < -0.4 is 20.7 Å². The molecule has 3 N–H and O–H groups in total. The number of thioether (sulfide) groups is 1. The molecule has 2 aromatic carbocycles. The molecule has 28 heavy (non-hydrogen) atoms. The summed E-state index contributed by atoms with van der Waals surface area (Å²) in [7, 11) is 0. The van der Waals surface area contributed by atoms with Gasteiger partial charge in [-0.1, -0.05) is 24.3 Å². The van der Waals surface area contributed by atoms with Crippen LogP contribution in [0.4, 0.5) is 5.69 Å². The zero-order chi connectivity index (χ0) is 19.8. The molecule has 2 amide bonds. The number of anilines is 1. The number of amides is 2. The maximum atomic E-state index is 12.0. The highest BCUT2D eigenvalue weighted by molar-refractivity contribution is 7.99. The lowest BCUT2D eigenvalue weighted by molar-refractivity contribution is -0.122. The number of aryl methyl sites for hydroxylation is 1. The van der Waals surface area contributed by atoms with Crippen LogP contribution in [0.2, 0.25) is 0 Å². The van der Waals surface area contributed by atoms with Crippen LogP contribution in [0, 0.1) is 6.92 Å². The van der Waals surface area contributed by atoms with Crippen molar-refractivity contribution < 1.29 is 14.3 Å². The van der Waals surface area contributed by atoms with Crippen molar-refractivity contribution in [2.45, 2.75) is 19.4 Å². The number of rotatable bonds is 8. The highest BCUT2D eigenvalue weighted by Crippen LogP contribution is 2.14. The van der Waals surface area contributed by atoms with Crippen molar-refractivity contribution in [2.75, 3.05) is 30.1 Å². The number of ether oxygens (including phenoxy) is 1. The Balaban J connectivity index is 1.37. The maximum absolute atomic E-state index is 12.0. The highest BCUT2D eigenvalue weighted by Gasteiger charge is 2.21. The molecule has 7 heteroatoms. The van der Waals surface area contributed by atoms with Gasteiger partial charge in [-0.05, 0) is 48.7 Å². The van der Waals surface area contributed by atoms with E-state index in [1.165, 1.54) is 0 Å². The number of benzene rings is 2. The SMILES string of the molecule is Cc1cccc(NC(=O)COc2ccc(CCNC(=O)C3CSCN3)cc2)c1. The minimum absolute atomic E-state index is 0.0459. The summed E-state index contributed by atoms with van der Waals surface area (Å²) in [6, 6.07) is 15.1. The first-order valence-corrected chi connectivity index (χ1v) is 10.4. The summed E-state index contributed by atoms with van der Waals surface area (Å²) in [5.74, 6) is 2.16. The first kappa shape index (κ1) is 20.2. The van der Waals surface area contributed by atoms with E-state index in [-0.39, 0.29) is 24.5 Å². The summed E-state index contributed by atoms with van der Waals surface area (Å²) in [5, 5.41) is 8.93. The summed E-state index contributed by atoms with van der Waals surface area (Å²) in [6.07, 6.45) is 0.750. The zero-order valence-electron chi connectivity index (χ0n) is 15.9. The third-order valence-corrected chi connectivity index (χ3v) is 5.28. The Hall–Kier alpha value is -2.51. The van der Waals surface area contributed by atoms with Gasteiger partial charge in [-0.25, -0.2) is 0 Å². The summed E-state index contributed by atoms with van der Waals surface area (Å²) in [6.45, 7) is 2.53. The quantitative estimate of drug-likeness (QED) is 0.635. The van der Waals surface area contributed by atoms with Crippen molar-refractivity contribution >= 4 is 29.3 Å². The Morgan fingerprint density at radius 2 is 2.04 bits per heavy atom. The van der Waals surface area contributed by atoms with Crippen molar-refractivity contribution in [3.05, 3.63) is 59.7 Å². The van der Waals surface area contributed by atoms with E-state index in [2.05, 4.69) is 16.0 Å². The van der Waals surface area contributed by atoms with Gasteiger partial charge in [0.25, 0.3) is 5.91 Å². The van der Waals surface area contributed by atoms with Gasteiger partial charge < -0.3 is 15.4 Å². The smallest absolute Gasteiger partial charge is 0.262 e. The van der Waals surface area contributed by atoms with Gasteiger partial charge in [0.05, 0.1) is 6.04 Å². The van der Waals surface area contributed by atoms with E-state index in [1.807, 2.05) is 55.5 Å². The minimum Gasteiger partial charge on any atom is -0.484 e. The predicted octanol–water partition coefficient (Wildman–Crippen LogP) is 2.33. The number of nitrogens with one attached hydrogen (secondary N) is 3. The molecule has 0 saturated carbocycles. The molecule has 1 saturated heterocycles. The van der Waals surface area contributed by atoms with E-state index < -0.39 is 0 Å². The summed E-state index contributed by atoms with van der Waals surface area (Å²) in [4.78, 5) is 23.9. The van der Waals surface area contributed by atoms with Crippen molar-refractivity contribution in [1.82, 2.24) is 10.6 Å². The molecule has 0 spiro atoms. The van der Waals surface area contributed by atoms with Gasteiger partial charge in [-0.3, -0.25) is 14.9 Å². The van der Waals surface area contributed by atoms with E-state index in [1.54, 1.807) is 11.8 Å². The van der Waals surface area contributed by atoms with Gasteiger partial charge in [0.2, 0.25) is 5.91 Å². The van der Waals surface area contributed by atoms with Crippen molar-refractivity contribution in [1.29, 1.82) is 0 Å². The molecular weight excluding hydrogens is 374 g/mol. The molecule has 3 rings (SSSR count). The normalized spacial score (nSPS) is 15.8. The molecule has 0 bridgehead atoms. The Morgan fingerprint density at radius 3 is 2.75 bits per heavy atom. The van der Waals surface area contributed by atoms with Crippen LogP contribution in [0.5, 0.6) is 5.75 Å². The molecule has 1 aliphatic rings. The lowest BCUT2D eigenvalue weighted by Gasteiger charge is -2.11. The van der Waals surface area contributed by atoms with Crippen LogP contribution in [-0.4, -0.2) is 42.6 Å². The summed E-state index contributed by atoms with van der Waals surface area (Å²) >= 11 is 1.74. The molecule has 0 radical (unpaired) electrons. The number of hydrogen-bond donors (Lipinski definition) is 3. The van der Waals surface area contributed by atoms with Crippen LogP contribution >= 0.6 is 11.8 Å². The molecule has 0 aliphatic carbocycles. The monoisotopic (exact) mass is 399 g/mol. The Bertz CT molecular complexity index is 805. The fourth-order valence-electron chi connectivity index (χ4n) is 2.84. The minimum atomic E-state index is -0.198. The van der Waals surface area contributed by atoms with E-state index in [0.717, 1.165) is 34.9 Å². The van der Waals surface area contributed by atoms with Gasteiger partial charge in [-0.15, -0.1) is 11.8 Å². The standard InChI is InChI=1S/C21H25N3O3S/c1-15-3-2-4-17(11-15)24-20(25)12-27-18-7-5-16(6-8-18)9-10-22-21(26)19-13-28-14-23-19/h2-8,11,19,23H,9-10,12-14H2,1H3,(H,22,26)(H,24,25). The molecule has 6 nitrogen and oxygen atoms in total. The molecule has 2 aromatic rings. The Morgan fingerprint density at radius 1 is 1.21 bits per heavy atom. The topological polar surface area (TPSA) is 79.5 Å². The largest absolute Gasteiger partial charge is 0.484 e. The average molecular weight is 400 g/mol. The van der Waals surface area contributed by atoms with Crippen molar-refractivity contribution in [3.63, 3.8) is 0 Å². The van der Waals surface area contributed by atoms with E-state index in [9.17, 15) is 9.59 Å². The number of carbonyl (C=O) groups excluding carboxylic acids is 2. The Kier molecular flexibility index (Phi) is 7.33. The molecule has 148 valence electrons. The second-order valence-electron chi connectivity index (χ2n) is 6.66. The maximum Gasteiger partial charge on any atom is 0.262 e. The van der Waals surface area contributed by atoms with Crippen LogP contribution in [-0.2, 0) is 16.0 Å². The van der Waals surface area contributed by atoms with E-state index >= 15 is 0 Å². The molecule has 0 aromatic heterocycles. The fraction of sp³-hybridized carbons (Fsp3) is 0.333. The molecular formula is C21H25N3O3S. The van der Waals surface area contributed by atoms with Gasteiger partial charge in [0.15, 0.2) is 6.61 Å². The lowest BCUT2D eigenvalue weighted by Crippen LogP contribution is -2.42. The van der Waals surface area contributed by atoms with Crippen molar-refractivity contribution in [3.8, 4) is 5.75 Å². The zero-order valence-corrected chi connectivity index (χ0v) is 16.7. The van der Waals surface area contributed by atoms with Crippen LogP contribution in [0.25, 0.3) is 0 Å². The van der Waals surface area contributed by atoms with Crippen LogP contribution in [0.15, 0.2) is 48.5 Å². The van der Waals surface area contributed by atoms with Gasteiger partial charge >= 0.3 is 0 Å². The molecule has 1 atom stereocenters. The fourth-order valence-corrected chi connectivity index (χ4v) is 3.78. The van der Waals surface area contributed by atoms with E-state index in [4.69, 9.17) is 4.74 Å². The summed E-state index contributed by atoms with van der Waals surface area (Å²) < 4.78 is 5.54. The average Bonchev–Trinajstić information content (AvgIpc) is 3.22. The Labute approximate surface area is 169 Å². The molecule has 1 fully saturated rings. The van der Waals surface area contributed by atoms with Gasteiger partial charge in [-0.2, -0.15) is 0 Å². The highest BCUT2D eigenvalue weighted by atomic mass is 32.2. The van der Waals surface area contributed by atoms with Gasteiger partial charge in [0, 0.05) is 23.9 Å². The second kappa shape index (κ2) is 10.1. The van der Waals surface area contributed by atoms with Crippen LogP contribution in [0.3, 0.4) is 0 Å². The first-order chi connectivity index (χ1) is 13.6. The summed E-state index contributed by atoms with van der Waals surface area (Å²) in [5.41, 5.74) is 2.95. The molecule has 1 unspecified atom stereocenters. The first-order valence-electron chi connectivity index (χ1n) is 9.27. The number of hydrogen-bond acceptors (Lipinski definition) is 5. The third kappa shape index (κ3) is 6.28. The van der Waals surface area contributed by atoms with E-state index in [0.29, 0.717) is 12.3 Å². The number of carbonyl (C=O) groups is 2. The molecule has 1 aliphatic heterocycles. The van der Waals surface area contributed by atoms with Crippen molar-refractivity contribution in [2.24, 2.45) is 0 Å². The predicted molar refractivity (Wildman–Crippen MR) is 113 cm³/mol. The lowest BCUT2D eigenvalue weighted by atomic mass is 10.1. The third-order valence-electron chi connectivity index (χ3n) is 4.34. The van der Waals surface area contributed by atoms with Gasteiger partial charge in [0.1, 0.15) is 5.75 Å². The second-order valence-corrected chi connectivity index (χ2v) is 7.69. The van der Waals surface area contributed by atoms with Crippen LogP contribution in [0.1, 0.15) is 11.1 Å².